The van der Waals surface area contributed by atoms with Crippen LogP contribution in [0.15, 0.2) is 42.0 Å². The number of ether oxygens (including phenoxy) is 2. The van der Waals surface area contributed by atoms with Crippen molar-refractivity contribution in [3.63, 3.8) is 0 Å². The first-order chi connectivity index (χ1) is 14.1. The first-order valence-electron chi connectivity index (χ1n) is 9.55. The first kappa shape index (κ1) is 19.6. The van der Waals surface area contributed by atoms with Gasteiger partial charge in [-0.3, -0.25) is 9.48 Å². The van der Waals surface area contributed by atoms with Crippen LogP contribution in [0.5, 0.6) is 5.75 Å². The van der Waals surface area contributed by atoms with Crippen LogP contribution in [0.4, 0.5) is 0 Å². The fourth-order valence-electron chi connectivity index (χ4n) is 3.66. The lowest BCUT2D eigenvalue weighted by Gasteiger charge is -2.38. The van der Waals surface area contributed by atoms with Crippen LogP contribution in [0.25, 0.3) is 10.6 Å². The average Bonchev–Trinajstić information content (AvgIpc) is 3.42. The Morgan fingerprint density at radius 3 is 2.72 bits per heavy atom. The maximum Gasteiger partial charge on any atom is 0.270 e. The molecule has 3 aromatic rings. The number of carbonyl (C=O) groups is 1. The lowest BCUT2D eigenvalue weighted by molar-refractivity contribution is 0.0486. The largest absolute Gasteiger partial charge is 0.497 e. The van der Waals surface area contributed by atoms with E-state index in [4.69, 9.17) is 9.47 Å². The minimum atomic E-state index is -0.157. The predicted molar refractivity (Wildman–Crippen MR) is 111 cm³/mol. The van der Waals surface area contributed by atoms with E-state index in [2.05, 4.69) is 27.5 Å². The van der Waals surface area contributed by atoms with Gasteiger partial charge in [-0.25, -0.2) is 4.98 Å². The van der Waals surface area contributed by atoms with Crippen LogP contribution in [-0.2, 0) is 17.2 Å². The molecule has 1 saturated heterocycles. The summed E-state index contributed by atoms with van der Waals surface area (Å²) in [5.41, 5.74) is 2.39. The van der Waals surface area contributed by atoms with E-state index in [9.17, 15) is 4.79 Å². The molecule has 29 heavy (non-hydrogen) atoms. The van der Waals surface area contributed by atoms with Gasteiger partial charge in [0.1, 0.15) is 16.5 Å². The van der Waals surface area contributed by atoms with E-state index in [0.717, 1.165) is 29.2 Å². The highest BCUT2D eigenvalue weighted by Gasteiger charge is 2.35. The van der Waals surface area contributed by atoms with Gasteiger partial charge >= 0.3 is 0 Å². The number of aromatic nitrogens is 3. The molecule has 4 rings (SSSR count). The molecule has 1 aliphatic heterocycles. The van der Waals surface area contributed by atoms with Gasteiger partial charge in [0, 0.05) is 49.4 Å². The van der Waals surface area contributed by atoms with Crippen molar-refractivity contribution >= 4 is 17.2 Å². The number of amides is 1. The van der Waals surface area contributed by atoms with Crippen LogP contribution in [0.2, 0.25) is 0 Å². The average molecular weight is 413 g/mol. The first-order valence-corrected chi connectivity index (χ1v) is 10.4. The number of rotatable bonds is 6. The smallest absolute Gasteiger partial charge is 0.270 e. The fourth-order valence-corrected chi connectivity index (χ4v) is 4.43. The van der Waals surface area contributed by atoms with E-state index in [-0.39, 0.29) is 11.3 Å². The number of thiazole rings is 1. The van der Waals surface area contributed by atoms with Crippen molar-refractivity contribution in [1.29, 1.82) is 0 Å². The van der Waals surface area contributed by atoms with E-state index in [0.29, 0.717) is 25.5 Å². The molecule has 0 unspecified atom stereocenters. The molecule has 0 aliphatic carbocycles. The third-order valence-corrected chi connectivity index (χ3v) is 6.32. The number of nitrogens with one attached hydrogen (secondary N) is 1. The van der Waals surface area contributed by atoms with Crippen molar-refractivity contribution < 1.29 is 14.3 Å². The summed E-state index contributed by atoms with van der Waals surface area (Å²) in [4.78, 5) is 17.3. The summed E-state index contributed by atoms with van der Waals surface area (Å²) < 4.78 is 12.6. The zero-order chi connectivity index (χ0) is 20.3. The fraction of sp³-hybridized carbons (Fsp3) is 0.381. The Morgan fingerprint density at radius 2 is 2.07 bits per heavy atom. The normalized spacial score (nSPS) is 15.8. The third-order valence-electron chi connectivity index (χ3n) is 5.43. The molecular weight excluding hydrogens is 388 g/mol. The summed E-state index contributed by atoms with van der Waals surface area (Å²) in [6.45, 7) is 1.91. The van der Waals surface area contributed by atoms with Crippen LogP contribution in [0.1, 0.15) is 28.9 Å². The second kappa shape index (κ2) is 8.34. The van der Waals surface area contributed by atoms with Crippen molar-refractivity contribution in [3.05, 3.63) is 53.3 Å². The Morgan fingerprint density at radius 1 is 1.31 bits per heavy atom. The molecule has 0 radical (unpaired) electrons. The summed E-state index contributed by atoms with van der Waals surface area (Å²) in [6.07, 6.45) is 5.36. The minimum Gasteiger partial charge on any atom is -0.497 e. The maximum absolute atomic E-state index is 12.8. The van der Waals surface area contributed by atoms with Crippen LogP contribution in [0.3, 0.4) is 0 Å². The summed E-state index contributed by atoms with van der Waals surface area (Å²) >= 11 is 1.45. The standard InChI is InChI=1S/C21H24N4O3S/c1-25-12-15(11-23-25)20-24-18(13-29-20)19(26)22-14-21(7-9-28-10-8-21)16-3-5-17(27-2)6-4-16/h3-6,11-13H,7-10,14H2,1-2H3,(H,22,26). The molecule has 1 fully saturated rings. The van der Waals surface area contributed by atoms with Crippen molar-refractivity contribution in [3.8, 4) is 16.3 Å². The molecule has 3 heterocycles. The van der Waals surface area contributed by atoms with Gasteiger partial charge in [-0.2, -0.15) is 5.10 Å². The lowest BCUT2D eigenvalue weighted by atomic mass is 9.74. The number of benzene rings is 1. The quantitative estimate of drug-likeness (QED) is 0.673. The third kappa shape index (κ3) is 4.18. The Kier molecular flexibility index (Phi) is 5.64. The van der Waals surface area contributed by atoms with Gasteiger partial charge in [-0.05, 0) is 30.5 Å². The van der Waals surface area contributed by atoms with Crippen molar-refractivity contribution in [2.75, 3.05) is 26.9 Å². The van der Waals surface area contributed by atoms with Crippen LogP contribution < -0.4 is 10.1 Å². The molecule has 0 spiro atoms. The highest BCUT2D eigenvalue weighted by Crippen LogP contribution is 2.35. The topological polar surface area (TPSA) is 78.3 Å². The molecule has 1 aliphatic rings. The molecule has 1 aromatic carbocycles. The molecule has 2 aromatic heterocycles. The van der Waals surface area contributed by atoms with Gasteiger partial charge in [0.15, 0.2) is 0 Å². The van der Waals surface area contributed by atoms with Gasteiger partial charge in [0.05, 0.1) is 13.3 Å². The predicted octanol–water partition coefficient (Wildman–Crippen LogP) is 3.03. The summed E-state index contributed by atoms with van der Waals surface area (Å²) in [7, 11) is 3.52. The van der Waals surface area contributed by atoms with E-state index < -0.39 is 0 Å². The van der Waals surface area contributed by atoms with Gasteiger partial charge in [0.25, 0.3) is 5.91 Å². The van der Waals surface area contributed by atoms with Crippen molar-refractivity contribution in [2.24, 2.45) is 7.05 Å². The lowest BCUT2D eigenvalue weighted by Crippen LogP contribution is -2.44. The maximum atomic E-state index is 12.8. The minimum absolute atomic E-state index is 0.150. The summed E-state index contributed by atoms with van der Waals surface area (Å²) in [5.74, 6) is 0.668. The molecule has 1 N–H and O–H groups in total. The number of aryl methyl sites for hydroxylation is 1. The second-order valence-electron chi connectivity index (χ2n) is 7.24. The monoisotopic (exact) mass is 412 g/mol. The SMILES string of the molecule is COc1ccc(C2(CNC(=O)c3csc(-c4cnn(C)c4)n3)CCOCC2)cc1. The molecule has 0 bridgehead atoms. The molecule has 7 nitrogen and oxygen atoms in total. The van der Waals surface area contributed by atoms with E-state index >= 15 is 0 Å². The van der Waals surface area contributed by atoms with Crippen LogP contribution in [0, 0.1) is 0 Å². The van der Waals surface area contributed by atoms with Crippen molar-refractivity contribution in [1.82, 2.24) is 20.1 Å². The summed E-state index contributed by atoms with van der Waals surface area (Å²) in [6, 6.07) is 8.10. The Hall–Kier alpha value is -2.71. The molecule has 1 amide bonds. The Balaban J connectivity index is 1.48. The molecular formula is C21H24N4O3S. The zero-order valence-corrected chi connectivity index (χ0v) is 17.4. The highest BCUT2D eigenvalue weighted by atomic mass is 32.1. The zero-order valence-electron chi connectivity index (χ0n) is 16.6. The van der Waals surface area contributed by atoms with E-state index in [1.807, 2.05) is 25.4 Å². The number of hydrogen-bond donors (Lipinski definition) is 1. The molecule has 0 saturated carbocycles. The van der Waals surface area contributed by atoms with Gasteiger partial charge in [-0.1, -0.05) is 12.1 Å². The van der Waals surface area contributed by atoms with Crippen LogP contribution >= 0.6 is 11.3 Å². The van der Waals surface area contributed by atoms with Gasteiger partial charge in [0.2, 0.25) is 0 Å². The molecule has 8 heteroatoms. The number of hydrogen-bond acceptors (Lipinski definition) is 6. The second-order valence-corrected chi connectivity index (χ2v) is 8.10. The number of nitrogens with zero attached hydrogens (tertiary/aromatic N) is 3. The summed E-state index contributed by atoms with van der Waals surface area (Å²) in [5, 5.41) is 9.85. The van der Waals surface area contributed by atoms with E-state index in [1.54, 1.807) is 23.4 Å². The Labute approximate surface area is 173 Å². The number of carbonyl (C=O) groups excluding carboxylic acids is 1. The van der Waals surface area contributed by atoms with Crippen molar-refractivity contribution in [2.45, 2.75) is 18.3 Å². The van der Waals surface area contributed by atoms with Crippen LogP contribution in [-0.4, -0.2) is 47.5 Å². The number of methoxy groups -OCH3 is 1. The Bertz CT molecular complexity index is 974. The van der Waals surface area contributed by atoms with E-state index in [1.165, 1.54) is 16.9 Å². The van der Waals surface area contributed by atoms with Gasteiger partial charge < -0.3 is 14.8 Å². The highest BCUT2D eigenvalue weighted by molar-refractivity contribution is 7.13. The molecule has 152 valence electrons. The van der Waals surface area contributed by atoms with Gasteiger partial charge in [-0.15, -0.1) is 11.3 Å². The molecule has 0 atom stereocenters.